The van der Waals surface area contributed by atoms with Crippen LogP contribution in [0.3, 0.4) is 0 Å². The van der Waals surface area contributed by atoms with Crippen LogP contribution in [0.15, 0.2) is 12.3 Å². The maximum Gasteiger partial charge on any atom is 0.269 e. The van der Waals surface area contributed by atoms with Crippen LogP contribution in [0.2, 0.25) is 0 Å². The molecule has 5 heteroatoms. The molecule has 0 atom stereocenters. The summed E-state index contributed by atoms with van der Waals surface area (Å²) in [5.41, 5.74) is 0.361. The van der Waals surface area contributed by atoms with Crippen molar-refractivity contribution in [2.24, 2.45) is 5.41 Å². The first-order valence-corrected chi connectivity index (χ1v) is 4.93. The molecule has 1 aromatic rings. The number of aliphatic hydroxyl groups excluding tert-OH is 1. The first kappa shape index (κ1) is 11.7. The number of carbonyl (C=O) groups is 1. The van der Waals surface area contributed by atoms with E-state index in [2.05, 4.69) is 15.5 Å². The molecule has 1 rings (SSSR count). The van der Waals surface area contributed by atoms with Gasteiger partial charge in [-0.2, -0.15) is 5.10 Å². The minimum Gasteiger partial charge on any atom is -0.396 e. The Balaban J connectivity index is 2.40. The lowest BCUT2D eigenvalue weighted by Crippen LogP contribution is -2.34. The van der Waals surface area contributed by atoms with Gasteiger partial charge in [0.05, 0.1) is 0 Å². The summed E-state index contributed by atoms with van der Waals surface area (Å²) >= 11 is 0. The van der Waals surface area contributed by atoms with E-state index < -0.39 is 0 Å². The fraction of sp³-hybridized carbons (Fsp3) is 0.600. The molecule has 0 aliphatic rings. The van der Waals surface area contributed by atoms with Gasteiger partial charge in [0.15, 0.2) is 0 Å². The van der Waals surface area contributed by atoms with Crippen molar-refractivity contribution in [3.8, 4) is 0 Å². The van der Waals surface area contributed by atoms with Crippen LogP contribution in [-0.4, -0.2) is 34.4 Å². The van der Waals surface area contributed by atoms with Gasteiger partial charge in [-0.3, -0.25) is 9.89 Å². The van der Waals surface area contributed by atoms with Gasteiger partial charge < -0.3 is 10.4 Å². The maximum absolute atomic E-state index is 11.5. The highest BCUT2D eigenvalue weighted by atomic mass is 16.3. The quantitative estimate of drug-likeness (QED) is 0.665. The Bertz CT molecular complexity index is 306. The fourth-order valence-electron chi connectivity index (χ4n) is 1.19. The van der Waals surface area contributed by atoms with Crippen molar-refractivity contribution in [1.29, 1.82) is 0 Å². The lowest BCUT2D eigenvalue weighted by molar-refractivity contribution is 0.0923. The Morgan fingerprint density at radius 2 is 2.40 bits per heavy atom. The second kappa shape index (κ2) is 4.93. The van der Waals surface area contributed by atoms with Crippen LogP contribution in [0.1, 0.15) is 30.8 Å². The molecule has 3 N–H and O–H groups in total. The summed E-state index contributed by atoms with van der Waals surface area (Å²) in [6.45, 7) is 4.66. The summed E-state index contributed by atoms with van der Waals surface area (Å²) in [5, 5.41) is 17.9. The number of aromatic amines is 1. The third-order valence-corrected chi connectivity index (χ3v) is 2.26. The summed E-state index contributed by atoms with van der Waals surface area (Å²) in [5.74, 6) is -0.168. The van der Waals surface area contributed by atoms with Gasteiger partial charge in [0.1, 0.15) is 5.69 Å². The number of nitrogens with one attached hydrogen (secondary N) is 2. The molecule has 0 saturated carbocycles. The van der Waals surface area contributed by atoms with Crippen LogP contribution in [-0.2, 0) is 0 Å². The van der Waals surface area contributed by atoms with Gasteiger partial charge >= 0.3 is 0 Å². The molecule has 0 aliphatic heterocycles. The highest BCUT2D eigenvalue weighted by Gasteiger charge is 2.18. The SMILES string of the molecule is CC(C)(CCO)CNC(=O)c1ccn[nH]1. The molecule has 0 spiro atoms. The number of carbonyl (C=O) groups excluding carboxylic acids is 1. The van der Waals surface area contributed by atoms with Gasteiger partial charge in [0.25, 0.3) is 5.91 Å². The van der Waals surface area contributed by atoms with Gasteiger partial charge in [-0.25, -0.2) is 0 Å². The number of rotatable bonds is 5. The molecular weight excluding hydrogens is 194 g/mol. The minimum absolute atomic E-state index is 0.0928. The lowest BCUT2D eigenvalue weighted by Gasteiger charge is -2.23. The van der Waals surface area contributed by atoms with E-state index in [1.807, 2.05) is 13.8 Å². The predicted octanol–water partition coefficient (Wildman–Crippen LogP) is 0.548. The average Bonchev–Trinajstić information content (AvgIpc) is 2.67. The first-order valence-electron chi connectivity index (χ1n) is 4.93. The molecule has 1 amide bonds. The molecule has 84 valence electrons. The molecule has 0 fully saturated rings. The van der Waals surface area contributed by atoms with Gasteiger partial charge in [-0.05, 0) is 17.9 Å². The van der Waals surface area contributed by atoms with Gasteiger partial charge in [-0.15, -0.1) is 0 Å². The zero-order valence-electron chi connectivity index (χ0n) is 9.08. The van der Waals surface area contributed by atoms with Crippen molar-refractivity contribution >= 4 is 5.91 Å². The van der Waals surface area contributed by atoms with E-state index in [0.29, 0.717) is 18.7 Å². The van der Waals surface area contributed by atoms with E-state index >= 15 is 0 Å². The lowest BCUT2D eigenvalue weighted by atomic mass is 9.90. The first-order chi connectivity index (χ1) is 7.05. The number of amides is 1. The predicted molar refractivity (Wildman–Crippen MR) is 56.4 cm³/mol. The molecule has 15 heavy (non-hydrogen) atoms. The van der Waals surface area contributed by atoms with E-state index in [0.717, 1.165) is 0 Å². The average molecular weight is 211 g/mol. The molecule has 1 heterocycles. The van der Waals surface area contributed by atoms with Crippen LogP contribution >= 0.6 is 0 Å². The van der Waals surface area contributed by atoms with Crippen molar-refractivity contribution in [3.63, 3.8) is 0 Å². The second-order valence-electron chi connectivity index (χ2n) is 4.29. The summed E-state index contributed by atoms with van der Waals surface area (Å²) in [4.78, 5) is 11.5. The van der Waals surface area contributed by atoms with Crippen molar-refractivity contribution < 1.29 is 9.90 Å². The van der Waals surface area contributed by atoms with Crippen LogP contribution in [0.4, 0.5) is 0 Å². The van der Waals surface area contributed by atoms with Crippen molar-refractivity contribution in [2.75, 3.05) is 13.2 Å². The molecule has 0 aliphatic carbocycles. The van der Waals surface area contributed by atoms with Crippen LogP contribution < -0.4 is 5.32 Å². The molecule has 0 unspecified atom stereocenters. The van der Waals surface area contributed by atoms with E-state index in [-0.39, 0.29) is 17.9 Å². The monoisotopic (exact) mass is 211 g/mol. The van der Waals surface area contributed by atoms with Crippen molar-refractivity contribution in [1.82, 2.24) is 15.5 Å². The Morgan fingerprint density at radius 3 is 2.93 bits per heavy atom. The largest absolute Gasteiger partial charge is 0.396 e. The molecule has 0 saturated heterocycles. The zero-order chi connectivity index (χ0) is 11.3. The molecule has 1 aromatic heterocycles. The Kier molecular flexibility index (Phi) is 3.85. The van der Waals surface area contributed by atoms with Gasteiger partial charge in [-0.1, -0.05) is 13.8 Å². The molecular formula is C10H17N3O2. The maximum atomic E-state index is 11.5. The number of H-pyrrole nitrogens is 1. The molecule has 0 radical (unpaired) electrons. The standard InChI is InChI=1S/C10H17N3O2/c1-10(2,4-6-14)7-11-9(15)8-3-5-12-13-8/h3,5,14H,4,6-7H2,1-2H3,(H,11,15)(H,12,13). The Labute approximate surface area is 88.9 Å². The third-order valence-electron chi connectivity index (χ3n) is 2.26. The van der Waals surface area contributed by atoms with Crippen molar-refractivity contribution in [3.05, 3.63) is 18.0 Å². The molecule has 0 bridgehead atoms. The van der Waals surface area contributed by atoms with Crippen molar-refractivity contribution in [2.45, 2.75) is 20.3 Å². The highest BCUT2D eigenvalue weighted by molar-refractivity contribution is 5.92. The molecule has 0 aromatic carbocycles. The summed E-state index contributed by atoms with van der Waals surface area (Å²) in [7, 11) is 0. The number of aromatic nitrogens is 2. The highest BCUT2D eigenvalue weighted by Crippen LogP contribution is 2.17. The van der Waals surface area contributed by atoms with E-state index in [1.165, 1.54) is 6.20 Å². The number of nitrogens with zero attached hydrogens (tertiary/aromatic N) is 1. The van der Waals surface area contributed by atoms with E-state index in [4.69, 9.17) is 5.11 Å². The zero-order valence-corrected chi connectivity index (χ0v) is 9.08. The van der Waals surface area contributed by atoms with Gasteiger partial charge in [0, 0.05) is 19.3 Å². The summed E-state index contributed by atoms with van der Waals surface area (Å²) in [6, 6.07) is 1.62. The van der Waals surface area contributed by atoms with Gasteiger partial charge in [0.2, 0.25) is 0 Å². The minimum atomic E-state index is -0.168. The van der Waals surface area contributed by atoms with Crippen LogP contribution in [0, 0.1) is 5.41 Å². The van der Waals surface area contributed by atoms with Crippen LogP contribution in [0.5, 0.6) is 0 Å². The van der Waals surface area contributed by atoms with Crippen LogP contribution in [0.25, 0.3) is 0 Å². The second-order valence-corrected chi connectivity index (χ2v) is 4.29. The smallest absolute Gasteiger partial charge is 0.269 e. The molecule has 5 nitrogen and oxygen atoms in total. The normalized spacial score (nSPS) is 11.4. The Morgan fingerprint density at radius 1 is 1.67 bits per heavy atom. The Hall–Kier alpha value is -1.36. The third kappa shape index (κ3) is 3.71. The number of hydrogen-bond acceptors (Lipinski definition) is 3. The number of aliphatic hydroxyl groups is 1. The van der Waals surface area contributed by atoms with E-state index in [1.54, 1.807) is 6.07 Å². The fourth-order valence-corrected chi connectivity index (χ4v) is 1.19. The topological polar surface area (TPSA) is 78.0 Å². The summed E-state index contributed by atoms with van der Waals surface area (Å²) < 4.78 is 0. The summed E-state index contributed by atoms with van der Waals surface area (Å²) in [6.07, 6.45) is 2.20. The number of hydrogen-bond donors (Lipinski definition) is 3. The van der Waals surface area contributed by atoms with E-state index in [9.17, 15) is 4.79 Å².